The molecule has 0 aromatic heterocycles. The molecule has 6 heteroatoms. The van der Waals surface area contributed by atoms with Crippen LogP contribution in [0.15, 0.2) is 66.7 Å². The number of carbonyl (C=O) groups is 2. The smallest absolute Gasteiger partial charge is 0.305 e. The third-order valence-electron chi connectivity index (χ3n) is 6.77. The summed E-state index contributed by atoms with van der Waals surface area (Å²) in [5.41, 5.74) is 4.56. The maximum absolute atomic E-state index is 13.5. The largest absolute Gasteiger partial charge is 0.487 e. The Kier molecular flexibility index (Phi) is 7.65. The van der Waals surface area contributed by atoms with Gasteiger partial charge in [-0.25, -0.2) is 0 Å². The number of amides is 1. The van der Waals surface area contributed by atoms with Gasteiger partial charge < -0.3 is 14.7 Å². The minimum atomic E-state index is -0.947. The number of hydrogen-bond acceptors (Lipinski definition) is 3. The average molecular weight is 520 g/mol. The average Bonchev–Trinajstić information content (AvgIpc) is 3.15. The van der Waals surface area contributed by atoms with Crippen LogP contribution in [-0.4, -0.2) is 34.0 Å². The number of benzene rings is 3. The van der Waals surface area contributed by atoms with Crippen LogP contribution in [0, 0.1) is 0 Å². The molecule has 1 atom stereocenters. The molecule has 5 nitrogen and oxygen atoms in total. The number of aliphatic carboxylic acids is 1. The van der Waals surface area contributed by atoms with Gasteiger partial charge >= 0.3 is 5.97 Å². The van der Waals surface area contributed by atoms with E-state index < -0.39 is 11.6 Å². The molecule has 0 aliphatic carbocycles. The van der Waals surface area contributed by atoms with Gasteiger partial charge in [-0.05, 0) is 64.9 Å². The molecule has 0 unspecified atom stereocenters. The second-order valence-electron chi connectivity index (χ2n) is 11.2. The Labute approximate surface area is 224 Å². The molecule has 1 aliphatic rings. The number of carbonyl (C=O) groups excluding carboxylic acids is 1. The van der Waals surface area contributed by atoms with Crippen molar-refractivity contribution in [2.45, 2.75) is 64.5 Å². The van der Waals surface area contributed by atoms with E-state index in [2.05, 4.69) is 52.0 Å². The number of nitrogens with zero attached hydrogens (tertiary/aromatic N) is 1. The third-order valence-corrected chi connectivity index (χ3v) is 7.01. The van der Waals surface area contributed by atoms with E-state index in [1.807, 2.05) is 24.3 Å². The van der Waals surface area contributed by atoms with Crippen molar-refractivity contribution < 1.29 is 19.4 Å². The van der Waals surface area contributed by atoms with Gasteiger partial charge in [0.2, 0.25) is 0 Å². The quantitative estimate of drug-likeness (QED) is 0.360. The Morgan fingerprint density at radius 3 is 2.41 bits per heavy atom. The normalized spacial score (nSPS) is 16.7. The van der Waals surface area contributed by atoms with E-state index in [0.717, 1.165) is 23.3 Å². The highest BCUT2D eigenvalue weighted by atomic mass is 35.5. The van der Waals surface area contributed by atoms with Crippen LogP contribution in [0.2, 0.25) is 5.02 Å². The molecule has 1 heterocycles. The molecule has 3 aromatic rings. The van der Waals surface area contributed by atoms with Gasteiger partial charge in [-0.15, -0.1) is 0 Å². The number of hydrogen-bond donors (Lipinski definition) is 1. The van der Waals surface area contributed by atoms with Crippen molar-refractivity contribution in [1.82, 2.24) is 4.90 Å². The number of ether oxygens (including phenoxy) is 1. The molecule has 0 spiro atoms. The highest BCUT2D eigenvalue weighted by Gasteiger charge is 2.35. The van der Waals surface area contributed by atoms with Gasteiger partial charge in [-0.1, -0.05) is 68.8 Å². The van der Waals surface area contributed by atoms with Gasteiger partial charge in [0.05, 0.1) is 6.42 Å². The number of carboxylic acid groups (broad SMARTS) is 1. The van der Waals surface area contributed by atoms with E-state index in [1.165, 1.54) is 11.1 Å². The molecule has 4 rings (SSSR count). The Bertz CT molecular complexity index is 1300. The van der Waals surface area contributed by atoms with Crippen molar-refractivity contribution >= 4 is 23.5 Å². The van der Waals surface area contributed by atoms with Crippen LogP contribution in [0.3, 0.4) is 0 Å². The van der Waals surface area contributed by atoms with Crippen molar-refractivity contribution in [2.75, 3.05) is 6.54 Å². The number of fused-ring (bicyclic) bond motifs is 1. The highest BCUT2D eigenvalue weighted by molar-refractivity contribution is 6.30. The van der Waals surface area contributed by atoms with Gasteiger partial charge in [-0.3, -0.25) is 9.59 Å². The molecule has 0 fully saturated rings. The second-order valence-corrected chi connectivity index (χ2v) is 11.6. The standard InChI is InChI=1S/C31H34ClNO4/c1-30(2,3)25-11-8-21(9-12-25)18-31(4)19-24-17-23(10-13-27(24)37-31)29(36)33(15-14-28(34)35)20-22-6-5-7-26(32)16-22/h5-13,16-17H,14-15,18-20H2,1-4H3,(H,34,35)/t31-/m0/s1. The predicted octanol–water partition coefficient (Wildman–Crippen LogP) is 6.69. The van der Waals surface area contributed by atoms with Crippen LogP contribution in [0.25, 0.3) is 0 Å². The lowest BCUT2D eigenvalue weighted by atomic mass is 9.85. The van der Waals surface area contributed by atoms with Crippen LogP contribution in [0.5, 0.6) is 5.75 Å². The molecule has 0 bridgehead atoms. The van der Waals surface area contributed by atoms with Gasteiger partial charge in [0.1, 0.15) is 11.4 Å². The molecule has 37 heavy (non-hydrogen) atoms. The Morgan fingerprint density at radius 1 is 1.03 bits per heavy atom. The summed E-state index contributed by atoms with van der Waals surface area (Å²) >= 11 is 6.12. The molecule has 194 valence electrons. The summed E-state index contributed by atoms with van der Waals surface area (Å²) < 4.78 is 6.36. The third kappa shape index (κ3) is 6.72. The fourth-order valence-electron chi connectivity index (χ4n) is 4.83. The van der Waals surface area contributed by atoms with Crippen LogP contribution in [0.1, 0.15) is 66.7 Å². The Hall–Kier alpha value is -3.31. The van der Waals surface area contributed by atoms with Crippen LogP contribution in [0.4, 0.5) is 0 Å². The van der Waals surface area contributed by atoms with Crippen molar-refractivity contribution in [2.24, 2.45) is 0 Å². The molecular formula is C31H34ClNO4. The summed E-state index contributed by atoms with van der Waals surface area (Å²) in [5, 5.41) is 9.78. The lowest BCUT2D eigenvalue weighted by Gasteiger charge is -2.25. The van der Waals surface area contributed by atoms with Crippen LogP contribution < -0.4 is 4.74 Å². The van der Waals surface area contributed by atoms with Gasteiger partial charge in [0.25, 0.3) is 5.91 Å². The minimum absolute atomic E-state index is 0.108. The van der Waals surface area contributed by atoms with Crippen LogP contribution >= 0.6 is 11.6 Å². The minimum Gasteiger partial charge on any atom is -0.487 e. The Morgan fingerprint density at radius 2 is 1.76 bits per heavy atom. The summed E-state index contributed by atoms with van der Waals surface area (Å²) in [5.74, 6) is -0.370. The van der Waals surface area contributed by atoms with Crippen molar-refractivity contribution in [1.29, 1.82) is 0 Å². The van der Waals surface area contributed by atoms with E-state index in [1.54, 1.807) is 23.1 Å². The number of halogens is 1. The fraction of sp³-hybridized carbons (Fsp3) is 0.355. The van der Waals surface area contributed by atoms with Gasteiger partial charge in [-0.2, -0.15) is 0 Å². The number of carboxylic acids is 1. The lowest BCUT2D eigenvalue weighted by Crippen LogP contribution is -2.33. The summed E-state index contributed by atoms with van der Waals surface area (Å²) in [6.45, 7) is 9.10. The number of rotatable bonds is 8. The van der Waals surface area contributed by atoms with E-state index >= 15 is 0 Å². The first kappa shape index (κ1) is 26.7. The molecular weight excluding hydrogens is 486 g/mol. The molecule has 1 amide bonds. The first-order valence-electron chi connectivity index (χ1n) is 12.6. The van der Waals surface area contributed by atoms with E-state index in [-0.39, 0.29) is 30.8 Å². The molecule has 1 N–H and O–H groups in total. The fourth-order valence-corrected chi connectivity index (χ4v) is 5.04. The summed E-state index contributed by atoms with van der Waals surface area (Å²) in [7, 11) is 0. The van der Waals surface area contributed by atoms with E-state index in [0.29, 0.717) is 17.0 Å². The van der Waals surface area contributed by atoms with E-state index in [4.69, 9.17) is 16.3 Å². The monoisotopic (exact) mass is 519 g/mol. The van der Waals surface area contributed by atoms with Gasteiger partial charge in [0.15, 0.2) is 0 Å². The SMILES string of the molecule is CC(C)(C)c1ccc(C[C@@]2(C)Cc3cc(C(=O)N(CCC(=O)O)Cc4cccc(Cl)c4)ccc3O2)cc1. The molecule has 0 radical (unpaired) electrons. The second kappa shape index (κ2) is 10.6. The predicted molar refractivity (Wildman–Crippen MR) is 146 cm³/mol. The highest BCUT2D eigenvalue weighted by Crippen LogP contribution is 2.38. The Balaban J connectivity index is 1.50. The molecule has 0 saturated carbocycles. The summed E-state index contributed by atoms with van der Waals surface area (Å²) in [6, 6.07) is 21.5. The molecule has 3 aromatic carbocycles. The van der Waals surface area contributed by atoms with Crippen molar-refractivity contribution in [3.8, 4) is 5.75 Å². The zero-order chi connectivity index (χ0) is 26.8. The van der Waals surface area contributed by atoms with Crippen LogP contribution in [-0.2, 0) is 29.6 Å². The maximum Gasteiger partial charge on any atom is 0.305 e. The maximum atomic E-state index is 13.5. The zero-order valence-corrected chi connectivity index (χ0v) is 22.6. The lowest BCUT2D eigenvalue weighted by molar-refractivity contribution is -0.137. The summed E-state index contributed by atoms with van der Waals surface area (Å²) in [4.78, 5) is 26.3. The zero-order valence-electron chi connectivity index (χ0n) is 21.9. The first-order chi connectivity index (χ1) is 17.4. The van der Waals surface area contributed by atoms with Crippen molar-refractivity contribution in [3.05, 3.63) is 99.6 Å². The van der Waals surface area contributed by atoms with Gasteiger partial charge in [0, 0.05) is 36.5 Å². The first-order valence-corrected chi connectivity index (χ1v) is 13.0. The molecule has 1 aliphatic heterocycles. The topological polar surface area (TPSA) is 66.8 Å². The van der Waals surface area contributed by atoms with Crippen molar-refractivity contribution in [3.63, 3.8) is 0 Å². The molecule has 0 saturated heterocycles. The van der Waals surface area contributed by atoms with E-state index in [9.17, 15) is 14.7 Å². The summed E-state index contributed by atoms with van der Waals surface area (Å²) in [6.07, 6.45) is 1.31.